The van der Waals surface area contributed by atoms with E-state index in [-0.39, 0.29) is 0 Å². The molecular formula is C12H18INO3. The van der Waals surface area contributed by atoms with Crippen LogP contribution < -0.4 is 10.5 Å². The van der Waals surface area contributed by atoms with Crippen molar-refractivity contribution in [3.05, 3.63) is 24.3 Å². The van der Waals surface area contributed by atoms with Crippen molar-refractivity contribution in [2.24, 2.45) is 0 Å². The summed E-state index contributed by atoms with van der Waals surface area (Å²) >= 11 is 2.27. The highest BCUT2D eigenvalue weighted by atomic mass is 127. The second-order valence-electron chi connectivity index (χ2n) is 3.30. The van der Waals surface area contributed by atoms with E-state index in [1.807, 2.05) is 24.3 Å². The van der Waals surface area contributed by atoms with Crippen molar-refractivity contribution in [3.8, 4) is 5.75 Å². The standard InChI is InChI=1S/C12H18INO3/c13-5-6-15-7-8-16-9-10-17-12-4-2-1-3-11(12)14/h1-4H,5-10,14H2. The zero-order chi connectivity index (χ0) is 12.3. The predicted molar refractivity (Wildman–Crippen MR) is 76.9 cm³/mol. The van der Waals surface area contributed by atoms with Gasteiger partial charge < -0.3 is 19.9 Å². The molecule has 0 radical (unpaired) electrons. The molecule has 96 valence electrons. The van der Waals surface area contributed by atoms with E-state index in [9.17, 15) is 0 Å². The monoisotopic (exact) mass is 351 g/mol. The van der Waals surface area contributed by atoms with E-state index in [1.54, 1.807) is 0 Å². The van der Waals surface area contributed by atoms with Crippen LogP contribution in [0.15, 0.2) is 24.3 Å². The van der Waals surface area contributed by atoms with Crippen LogP contribution in [0, 0.1) is 0 Å². The number of para-hydroxylation sites is 2. The van der Waals surface area contributed by atoms with Crippen molar-refractivity contribution in [1.29, 1.82) is 0 Å². The Morgan fingerprint density at radius 2 is 1.59 bits per heavy atom. The van der Waals surface area contributed by atoms with Crippen LogP contribution in [0.2, 0.25) is 0 Å². The number of benzene rings is 1. The van der Waals surface area contributed by atoms with Gasteiger partial charge in [-0.15, -0.1) is 0 Å². The molecule has 4 nitrogen and oxygen atoms in total. The van der Waals surface area contributed by atoms with Gasteiger partial charge in [-0.3, -0.25) is 0 Å². The SMILES string of the molecule is Nc1ccccc1OCCOCCOCCI. The normalized spacial score (nSPS) is 10.4. The van der Waals surface area contributed by atoms with Crippen LogP contribution in [0.1, 0.15) is 0 Å². The number of ether oxygens (including phenoxy) is 3. The van der Waals surface area contributed by atoms with Crippen molar-refractivity contribution >= 4 is 28.3 Å². The van der Waals surface area contributed by atoms with Gasteiger partial charge in [0.2, 0.25) is 0 Å². The molecule has 0 atom stereocenters. The van der Waals surface area contributed by atoms with Crippen LogP contribution in [0.25, 0.3) is 0 Å². The lowest BCUT2D eigenvalue weighted by molar-refractivity contribution is 0.0418. The quantitative estimate of drug-likeness (QED) is 0.321. The molecule has 0 aliphatic heterocycles. The largest absolute Gasteiger partial charge is 0.489 e. The first-order chi connectivity index (χ1) is 8.34. The van der Waals surface area contributed by atoms with Crippen molar-refractivity contribution in [2.45, 2.75) is 0 Å². The average Bonchev–Trinajstić information content (AvgIpc) is 2.35. The molecule has 0 spiro atoms. The highest BCUT2D eigenvalue weighted by Gasteiger charge is 1.97. The van der Waals surface area contributed by atoms with E-state index < -0.39 is 0 Å². The summed E-state index contributed by atoms with van der Waals surface area (Å²) in [5, 5.41) is 0. The molecule has 5 heteroatoms. The summed E-state index contributed by atoms with van der Waals surface area (Å²) in [5.41, 5.74) is 6.38. The lowest BCUT2D eigenvalue weighted by Gasteiger charge is -2.09. The summed E-state index contributed by atoms with van der Waals surface area (Å²) in [4.78, 5) is 0. The van der Waals surface area contributed by atoms with Crippen molar-refractivity contribution in [2.75, 3.05) is 43.2 Å². The van der Waals surface area contributed by atoms with Crippen LogP contribution in [-0.2, 0) is 9.47 Å². The summed E-state index contributed by atoms with van der Waals surface area (Å²) in [6.45, 7) is 3.06. The van der Waals surface area contributed by atoms with E-state index in [0.717, 1.165) is 11.0 Å². The highest BCUT2D eigenvalue weighted by Crippen LogP contribution is 2.19. The first-order valence-corrected chi connectivity index (χ1v) is 7.06. The highest BCUT2D eigenvalue weighted by molar-refractivity contribution is 14.1. The maximum Gasteiger partial charge on any atom is 0.142 e. The Labute approximate surface area is 116 Å². The fraction of sp³-hybridized carbons (Fsp3) is 0.500. The maximum absolute atomic E-state index is 5.73. The fourth-order valence-corrected chi connectivity index (χ4v) is 1.51. The summed E-state index contributed by atoms with van der Waals surface area (Å²) in [6.07, 6.45) is 0. The topological polar surface area (TPSA) is 53.7 Å². The Kier molecular flexibility index (Phi) is 8.12. The molecule has 0 fully saturated rings. The van der Waals surface area contributed by atoms with E-state index in [2.05, 4.69) is 22.6 Å². The van der Waals surface area contributed by atoms with Crippen LogP contribution in [-0.4, -0.2) is 37.5 Å². The number of anilines is 1. The molecule has 0 amide bonds. The lowest BCUT2D eigenvalue weighted by Crippen LogP contribution is -2.11. The number of rotatable bonds is 9. The number of nitrogen functional groups attached to an aromatic ring is 1. The number of alkyl halides is 1. The van der Waals surface area contributed by atoms with Crippen LogP contribution >= 0.6 is 22.6 Å². The smallest absolute Gasteiger partial charge is 0.142 e. The van der Waals surface area contributed by atoms with Gasteiger partial charge in [-0.05, 0) is 12.1 Å². The molecule has 0 saturated heterocycles. The number of nitrogens with two attached hydrogens (primary N) is 1. The molecule has 0 bridgehead atoms. The van der Waals surface area contributed by atoms with Gasteiger partial charge in [0.25, 0.3) is 0 Å². The van der Waals surface area contributed by atoms with Crippen molar-refractivity contribution in [3.63, 3.8) is 0 Å². The Morgan fingerprint density at radius 3 is 2.29 bits per heavy atom. The third-order valence-corrected chi connectivity index (χ3v) is 2.44. The summed E-state index contributed by atoms with van der Waals surface area (Å²) in [5.74, 6) is 0.706. The first-order valence-electron chi connectivity index (χ1n) is 5.53. The number of halogens is 1. The molecule has 1 aromatic rings. The maximum atomic E-state index is 5.73. The molecule has 0 unspecified atom stereocenters. The molecule has 0 saturated carbocycles. The molecule has 2 N–H and O–H groups in total. The van der Waals surface area contributed by atoms with E-state index in [4.69, 9.17) is 19.9 Å². The molecule has 1 aromatic carbocycles. The first kappa shape index (κ1) is 14.5. The Balaban J connectivity index is 1.99. The number of hydrogen-bond acceptors (Lipinski definition) is 4. The fourth-order valence-electron chi connectivity index (χ4n) is 1.20. The molecule has 0 heterocycles. The van der Waals surface area contributed by atoms with Gasteiger partial charge in [-0.25, -0.2) is 0 Å². The summed E-state index contributed by atoms with van der Waals surface area (Å²) in [6, 6.07) is 7.43. The Bertz CT molecular complexity index is 310. The van der Waals surface area contributed by atoms with Gasteiger partial charge in [0.1, 0.15) is 12.4 Å². The second-order valence-corrected chi connectivity index (χ2v) is 4.38. The van der Waals surface area contributed by atoms with E-state index >= 15 is 0 Å². The van der Waals surface area contributed by atoms with E-state index in [0.29, 0.717) is 37.9 Å². The lowest BCUT2D eigenvalue weighted by atomic mass is 10.3. The molecule has 0 aliphatic rings. The minimum Gasteiger partial charge on any atom is -0.489 e. The molecule has 0 aliphatic carbocycles. The average molecular weight is 351 g/mol. The Morgan fingerprint density at radius 1 is 0.941 bits per heavy atom. The van der Waals surface area contributed by atoms with Gasteiger partial charge in [0.05, 0.1) is 32.1 Å². The summed E-state index contributed by atoms with van der Waals surface area (Å²) in [7, 11) is 0. The minimum absolute atomic E-state index is 0.500. The van der Waals surface area contributed by atoms with Gasteiger partial charge in [0, 0.05) is 4.43 Å². The van der Waals surface area contributed by atoms with Crippen molar-refractivity contribution < 1.29 is 14.2 Å². The molecule has 0 aromatic heterocycles. The van der Waals surface area contributed by atoms with Crippen LogP contribution in [0.5, 0.6) is 5.75 Å². The van der Waals surface area contributed by atoms with Gasteiger partial charge in [-0.1, -0.05) is 34.7 Å². The van der Waals surface area contributed by atoms with Gasteiger partial charge in [0.15, 0.2) is 0 Å². The number of hydrogen-bond donors (Lipinski definition) is 1. The van der Waals surface area contributed by atoms with Gasteiger partial charge in [-0.2, -0.15) is 0 Å². The molecular weight excluding hydrogens is 333 g/mol. The Hall–Kier alpha value is -0.530. The molecule has 1 rings (SSSR count). The van der Waals surface area contributed by atoms with Crippen LogP contribution in [0.4, 0.5) is 5.69 Å². The zero-order valence-electron chi connectivity index (χ0n) is 9.73. The zero-order valence-corrected chi connectivity index (χ0v) is 11.9. The molecule has 17 heavy (non-hydrogen) atoms. The third kappa shape index (κ3) is 6.70. The van der Waals surface area contributed by atoms with Gasteiger partial charge >= 0.3 is 0 Å². The third-order valence-electron chi connectivity index (χ3n) is 2.00. The predicted octanol–water partition coefficient (Wildman–Crippen LogP) is 2.12. The van der Waals surface area contributed by atoms with Crippen molar-refractivity contribution in [1.82, 2.24) is 0 Å². The summed E-state index contributed by atoms with van der Waals surface area (Å²) < 4.78 is 17.1. The van der Waals surface area contributed by atoms with E-state index in [1.165, 1.54) is 0 Å². The second kappa shape index (κ2) is 9.49. The van der Waals surface area contributed by atoms with Crippen LogP contribution in [0.3, 0.4) is 0 Å². The minimum atomic E-state index is 0.500.